The lowest BCUT2D eigenvalue weighted by molar-refractivity contribution is -0.133. The Morgan fingerprint density at radius 1 is 1.17 bits per heavy atom. The maximum absolute atomic E-state index is 11.5. The van der Waals surface area contributed by atoms with Crippen LogP contribution in [0, 0.1) is 17.8 Å². The summed E-state index contributed by atoms with van der Waals surface area (Å²) in [4.78, 5) is 16.1. The molecule has 3 heteroatoms. The van der Waals surface area contributed by atoms with E-state index in [9.17, 15) is 4.79 Å². The molecule has 1 amide bonds. The van der Waals surface area contributed by atoms with Gasteiger partial charge in [0, 0.05) is 39.6 Å². The normalized spacial score (nSPS) is 37.1. The van der Waals surface area contributed by atoms with Crippen molar-refractivity contribution in [2.24, 2.45) is 17.8 Å². The molecule has 0 radical (unpaired) electrons. The number of rotatable bonds is 2. The Labute approximate surface area is 110 Å². The first-order valence-corrected chi connectivity index (χ1v) is 7.33. The fourth-order valence-electron chi connectivity index (χ4n) is 3.87. The number of fused-ring (bicyclic) bond motifs is 1. The van der Waals surface area contributed by atoms with E-state index in [0.29, 0.717) is 11.8 Å². The summed E-state index contributed by atoms with van der Waals surface area (Å²) in [5.74, 6) is 2.82. The van der Waals surface area contributed by atoms with E-state index >= 15 is 0 Å². The van der Waals surface area contributed by atoms with Crippen molar-refractivity contribution >= 4 is 5.91 Å². The van der Waals surface area contributed by atoms with Crippen LogP contribution in [0.3, 0.4) is 0 Å². The fraction of sp³-hybridized carbons (Fsp3) is 0.800. The lowest BCUT2D eigenvalue weighted by Crippen LogP contribution is -2.41. The zero-order valence-electron chi connectivity index (χ0n) is 11.3. The Hall–Kier alpha value is -0.830. The smallest absolute Gasteiger partial charge is 0.222 e. The molecule has 1 unspecified atom stereocenters. The van der Waals surface area contributed by atoms with Crippen LogP contribution in [0.4, 0.5) is 0 Å². The number of likely N-dealkylation sites (tertiary alicyclic amines) is 2. The highest BCUT2D eigenvalue weighted by atomic mass is 16.2. The summed E-state index contributed by atoms with van der Waals surface area (Å²) in [5, 5.41) is 0. The van der Waals surface area contributed by atoms with Gasteiger partial charge in [-0.3, -0.25) is 4.79 Å². The average Bonchev–Trinajstić information content (AvgIpc) is 2.76. The molecule has 100 valence electrons. The van der Waals surface area contributed by atoms with Gasteiger partial charge in [0.25, 0.3) is 0 Å². The van der Waals surface area contributed by atoms with Gasteiger partial charge in [-0.2, -0.15) is 0 Å². The van der Waals surface area contributed by atoms with E-state index in [1.54, 1.807) is 0 Å². The third-order valence-electron chi connectivity index (χ3n) is 4.94. The van der Waals surface area contributed by atoms with Crippen LogP contribution in [-0.4, -0.2) is 48.9 Å². The minimum Gasteiger partial charge on any atom is -0.345 e. The van der Waals surface area contributed by atoms with Crippen LogP contribution in [0.2, 0.25) is 0 Å². The predicted octanol–water partition coefficient (Wildman–Crippen LogP) is 1.75. The molecule has 2 saturated heterocycles. The number of amides is 1. The van der Waals surface area contributed by atoms with Crippen LogP contribution >= 0.6 is 0 Å². The highest BCUT2D eigenvalue weighted by Crippen LogP contribution is 2.33. The zero-order chi connectivity index (χ0) is 12.5. The van der Waals surface area contributed by atoms with E-state index in [-0.39, 0.29) is 0 Å². The Balaban J connectivity index is 1.51. The maximum Gasteiger partial charge on any atom is 0.222 e. The molecular formula is C15H24N2O. The summed E-state index contributed by atoms with van der Waals surface area (Å²) in [5.41, 5.74) is 0. The number of carbonyl (C=O) groups is 1. The largest absolute Gasteiger partial charge is 0.345 e. The van der Waals surface area contributed by atoms with E-state index in [1.807, 2.05) is 11.9 Å². The van der Waals surface area contributed by atoms with Crippen molar-refractivity contribution in [3.8, 4) is 0 Å². The van der Waals surface area contributed by atoms with E-state index in [4.69, 9.17) is 0 Å². The molecule has 2 heterocycles. The number of nitrogens with zero attached hydrogens (tertiary/aromatic N) is 2. The summed E-state index contributed by atoms with van der Waals surface area (Å²) in [6.45, 7) is 4.72. The van der Waals surface area contributed by atoms with Crippen molar-refractivity contribution < 1.29 is 4.79 Å². The molecule has 0 aromatic carbocycles. The van der Waals surface area contributed by atoms with Crippen LogP contribution in [0.15, 0.2) is 12.2 Å². The second kappa shape index (κ2) is 5.04. The van der Waals surface area contributed by atoms with Gasteiger partial charge in [-0.25, -0.2) is 0 Å². The molecule has 0 spiro atoms. The van der Waals surface area contributed by atoms with Gasteiger partial charge in [0.15, 0.2) is 0 Å². The summed E-state index contributed by atoms with van der Waals surface area (Å²) in [6, 6.07) is 0. The SMILES string of the molecule is CN1CC(CN2C[C@H]3CC=CC[C@H]3C2)CCC1=O. The third kappa shape index (κ3) is 2.46. The monoisotopic (exact) mass is 248 g/mol. The van der Waals surface area contributed by atoms with E-state index in [0.717, 1.165) is 31.2 Å². The first kappa shape index (κ1) is 12.2. The van der Waals surface area contributed by atoms with Crippen molar-refractivity contribution in [1.29, 1.82) is 0 Å². The molecule has 3 rings (SSSR count). The van der Waals surface area contributed by atoms with Crippen molar-refractivity contribution in [1.82, 2.24) is 9.80 Å². The second-order valence-corrected chi connectivity index (χ2v) is 6.36. The Morgan fingerprint density at radius 3 is 2.44 bits per heavy atom. The summed E-state index contributed by atoms with van der Waals surface area (Å²) in [6.07, 6.45) is 9.13. The standard InChI is InChI=1S/C15H24N2O/c1-16-8-12(6-7-15(16)18)9-17-10-13-4-2-3-5-14(13)11-17/h2-3,12-14H,4-11H2,1H3/t12?,13-,14+. The Kier molecular flexibility index (Phi) is 3.42. The minimum atomic E-state index is 0.325. The van der Waals surface area contributed by atoms with E-state index < -0.39 is 0 Å². The van der Waals surface area contributed by atoms with Crippen LogP contribution in [0.1, 0.15) is 25.7 Å². The van der Waals surface area contributed by atoms with Crippen LogP contribution in [-0.2, 0) is 4.79 Å². The van der Waals surface area contributed by atoms with Gasteiger partial charge in [0.05, 0.1) is 0 Å². The predicted molar refractivity (Wildman–Crippen MR) is 72.2 cm³/mol. The molecule has 2 aliphatic heterocycles. The first-order chi connectivity index (χ1) is 8.72. The maximum atomic E-state index is 11.5. The van der Waals surface area contributed by atoms with Gasteiger partial charge >= 0.3 is 0 Å². The molecule has 0 N–H and O–H groups in total. The summed E-state index contributed by atoms with van der Waals surface area (Å²) >= 11 is 0. The number of hydrogen-bond acceptors (Lipinski definition) is 2. The highest BCUT2D eigenvalue weighted by Gasteiger charge is 2.34. The molecule has 0 saturated carbocycles. The van der Waals surface area contributed by atoms with E-state index in [1.165, 1.54) is 32.5 Å². The van der Waals surface area contributed by atoms with Gasteiger partial charge in [-0.15, -0.1) is 0 Å². The van der Waals surface area contributed by atoms with Gasteiger partial charge in [-0.05, 0) is 37.0 Å². The fourth-order valence-corrected chi connectivity index (χ4v) is 3.87. The van der Waals surface area contributed by atoms with Crippen molar-refractivity contribution in [2.45, 2.75) is 25.7 Å². The Morgan fingerprint density at radius 2 is 1.83 bits per heavy atom. The molecular weight excluding hydrogens is 224 g/mol. The molecule has 18 heavy (non-hydrogen) atoms. The lowest BCUT2D eigenvalue weighted by atomic mass is 9.86. The molecule has 0 aromatic heterocycles. The molecule has 0 aromatic rings. The van der Waals surface area contributed by atoms with Gasteiger partial charge < -0.3 is 9.80 Å². The van der Waals surface area contributed by atoms with Gasteiger partial charge in [-0.1, -0.05) is 12.2 Å². The minimum absolute atomic E-state index is 0.325. The van der Waals surface area contributed by atoms with Crippen molar-refractivity contribution in [2.75, 3.05) is 33.2 Å². The molecule has 3 aliphatic rings. The Bertz CT molecular complexity index is 336. The highest BCUT2D eigenvalue weighted by molar-refractivity contribution is 5.76. The quantitative estimate of drug-likeness (QED) is 0.695. The van der Waals surface area contributed by atoms with Crippen LogP contribution in [0.5, 0.6) is 0 Å². The molecule has 3 nitrogen and oxygen atoms in total. The number of piperidine rings is 1. The lowest BCUT2D eigenvalue weighted by Gasteiger charge is -2.32. The van der Waals surface area contributed by atoms with Crippen molar-refractivity contribution in [3.63, 3.8) is 0 Å². The molecule has 1 aliphatic carbocycles. The third-order valence-corrected chi connectivity index (χ3v) is 4.94. The topological polar surface area (TPSA) is 23.6 Å². The van der Waals surface area contributed by atoms with Crippen molar-refractivity contribution in [3.05, 3.63) is 12.2 Å². The number of allylic oxidation sites excluding steroid dienone is 2. The molecule has 0 bridgehead atoms. The van der Waals surface area contributed by atoms with Gasteiger partial charge in [0.2, 0.25) is 5.91 Å². The number of hydrogen-bond donors (Lipinski definition) is 0. The molecule has 3 atom stereocenters. The van der Waals surface area contributed by atoms with Gasteiger partial charge in [0.1, 0.15) is 0 Å². The van der Waals surface area contributed by atoms with E-state index in [2.05, 4.69) is 17.1 Å². The summed E-state index contributed by atoms with van der Waals surface area (Å²) in [7, 11) is 1.95. The first-order valence-electron chi connectivity index (χ1n) is 7.33. The summed E-state index contributed by atoms with van der Waals surface area (Å²) < 4.78 is 0. The number of carbonyl (C=O) groups excluding carboxylic acids is 1. The van der Waals surface area contributed by atoms with Crippen LogP contribution < -0.4 is 0 Å². The van der Waals surface area contributed by atoms with Crippen LogP contribution in [0.25, 0.3) is 0 Å². The molecule has 2 fully saturated rings. The average molecular weight is 248 g/mol. The second-order valence-electron chi connectivity index (χ2n) is 6.36. The zero-order valence-corrected chi connectivity index (χ0v) is 11.3.